The number of pyridine rings is 1. The molecule has 0 fully saturated rings. The second kappa shape index (κ2) is 11.6. The Balaban J connectivity index is 1.48. The van der Waals surface area contributed by atoms with Gasteiger partial charge in [0.25, 0.3) is 0 Å². The standard InChI is InChI=1S/C32H28F3N3O2S/c1-31(2,3)23-15-8-10-18-26(23)40-29-24(16-11-19-36-29)37-30-38-28(32(33,34)35)27(41-30)22-14-7-9-17-25(22)39-20-21-12-5-4-6-13-21/h4-19H,20H2,1-3H3,(H,37,38). The van der Waals surface area contributed by atoms with Crippen LogP contribution in [0.1, 0.15) is 37.6 Å². The van der Waals surface area contributed by atoms with E-state index in [0.29, 0.717) is 22.7 Å². The summed E-state index contributed by atoms with van der Waals surface area (Å²) in [6.07, 6.45) is -3.12. The summed E-state index contributed by atoms with van der Waals surface area (Å²) in [7, 11) is 0. The number of ether oxygens (including phenoxy) is 2. The van der Waals surface area contributed by atoms with Crippen molar-refractivity contribution < 1.29 is 22.6 Å². The normalized spacial score (nSPS) is 11.8. The molecule has 2 aromatic heterocycles. The van der Waals surface area contributed by atoms with Crippen molar-refractivity contribution in [3.63, 3.8) is 0 Å². The molecule has 0 radical (unpaired) electrons. The van der Waals surface area contributed by atoms with Crippen LogP contribution < -0.4 is 14.8 Å². The Morgan fingerprint density at radius 3 is 2.22 bits per heavy atom. The third-order valence-electron chi connectivity index (χ3n) is 6.18. The summed E-state index contributed by atoms with van der Waals surface area (Å²) >= 11 is 0.887. The van der Waals surface area contributed by atoms with Crippen LogP contribution in [0.5, 0.6) is 17.4 Å². The number of nitrogens with zero attached hydrogens (tertiary/aromatic N) is 2. The Morgan fingerprint density at radius 2 is 1.49 bits per heavy atom. The van der Waals surface area contributed by atoms with Crippen molar-refractivity contribution >= 4 is 22.2 Å². The van der Waals surface area contributed by atoms with E-state index < -0.39 is 11.9 Å². The fraction of sp³-hybridized carbons (Fsp3) is 0.188. The highest BCUT2D eigenvalue weighted by Gasteiger charge is 2.39. The number of hydrogen-bond donors (Lipinski definition) is 1. The monoisotopic (exact) mass is 575 g/mol. The van der Waals surface area contributed by atoms with E-state index in [1.54, 1.807) is 42.6 Å². The number of alkyl halides is 3. The molecule has 3 aromatic carbocycles. The molecule has 5 rings (SSSR count). The van der Waals surface area contributed by atoms with Gasteiger partial charge in [-0.3, -0.25) is 0 Å². The van der Waals surface area contributed by atoms with Crippen LogP contribution >= 0.6 is 11.3 Å². The molecule has 0 aliphatic carbocycles. The fourth-order valence-electron chi connectivity index (χ4n) is 4.23. The minimum atomic E-state index is -4.68. The summed E-state index contributed by atoms with van der Waals surface area (Å²) in [5.74, 6) is 1.17. The second-order valence-corrected chi connectivity index (χ2v) is 11.3. The molecule has 9 heteroatoms. The first-order valence-corrected chi connectivity index (χ1v) is 13.7. The molecule has 5 aromatic rings. The Bertz CT molecular complexity index is 1630. The van der Waals surface area contributed by atoms with Gasteiger partial charge in [0.1, 0.15) is 23.8 Å². The highest BCUT2D eigenvalue weighted by atomic mass is 32.1. The third kappa shape index (κ3) is 6.69. The number of thiazole rings is 1. The van der Waals surface area contributed by atoms with E-state index in [9.17, 15) is 13.2 Å². The van der Waals surface area contributed by atoms with Crippen molar-refractivity contribution in [2.45, 2.75) is 39.0 Å². The van der Waals surface area contributed by atoms with E-state index in [1.807, 2.05) is 54.6 Å². The van der Waals surface area contributed by atoms with Crippen molar-refractivity contribution in [3.8, 4) is 27.8 Å². The molecule has 0 saturated carbocycles. The van der Waals surface area contributed by atoms with Crippen molar-refractivity contribution in [2.75, 3.05) is 5.32 Å². The van der Waals surface area contributed by atoms with E-state index in [4.69, 9.17) is 9.47 Å². The SMILES string of the molecule is CC(C)(C)c1ccccc1Oc1ncccc1Nc1nc(C(F)(F)F)c(-c2ccccc2OCc2ccccc2)s1. The smallest absolute Gasteiger partial charge is 0.434 e. The number of hydrogen-bond acceptors (Lipinski definition) is 6. The number of aromatic nitrogens is 2. The lowest BCUT2D eigenvalue weighted by Gasteiger charge is -2.22. The summed E-state index contributed by atoms with van der Waals surface area (Å²) < 4.78 is 54.8. The Morgan fingerprint density at radius 1 is 0.805 bits per heavy atom. The quantitative estimate of drug-likeness (QED) is 0.200. The molecule has 1 N–H and O–H groups in total. The lowest BCUT2D eigenvalue weighted by molar-refractivity contribution is -0.140. The third-order valence-corrected chi connectivity index (χ3v) is 7.18. The van der Waals surface area contributed by atoms with Crippen molar-refractivity contribution in [1.82, 2.24) is 9.97 Å². The summed E-state index contributed by atoms with van der Waals surface area (Å²) in [5, 5.41) is 3.06. The van der Waals surface area contributed by atoms with Gasteiger partial charge in [0, 0.05) is 17.3 Å². The second-order valence-electron chi connectivity index (χ2n) is 10.3. The highest BCUT2D eigenvalue weighted by molar-refractivity contribution is 7.19. The molecule has 0 saturated heterocycles. The molecular formula is C32H28F3N3O2S. The van der Waals surface area contributed by atoms with Gasteiger partial charge in [0.2, 0.25) is 5.88 Å². The summed E-state index contributed by atoms with van der Waals surface area (Å²) in [6, 6.07) is 27.1. The summed E-state index contributed by atoms with van der Waals surface area (Å²) in [5.41, 5.74) is 1.38. The molecule has 0 bridgehead atoms. The van der Waals surface area contributed by atoms with Crippen molar-refractivity contribution in [2.24, 2.45) is 0 Å². The van der Waals surface area contributed by atoms with Crippen LogP contribution in [-0.2, 0) is 18.2 Å². The van der Waals surface area contributed by atoms with E-state index in [2.05, 4.69) is 36.1 Å². The van der Waals surface area contributed by atoms with Crippen LogP contribution in [0.25, 0.3) is 10.4 Å². The predicted octanol–water partition coefficient (Wildman–Crippen LogP) is 9.64. The average molecular weight is 576 g/mol. The van der Waals surface area contributed by atoms with Gasteiger partial charge in [-0.2, -0.15) is 13.2 Å². The van der Waals surface area contributed by atoms with Crippen LogP contribution in [-0.4, -0.2) is 9.97 Å². The van der Waals surface area contributed by atoms with Crippen molar-refractivity contribution in [3.05, 3.63) is 114 Å². The lowest BCUT2D eigenvalue weighted by Crippen LogP contribution is -2.12. The summed E-state index contributed by atoms with van der Waals surface area (Å²) in [6.45, 7) is 6.44. The molecule has 0 aliphatic heterocycles. The molecule has 0 unspecified atom stereocenters. The minimum Gasteiger partial charge on any atom is -0.488 e. The van der Waals surface area contributed by atoms with Crippen LogP contribution in [0.4, 0.5) is 24.0 Å². The maximum absolute atomic E-state index is 14.2. The van der Waals surface area contributed by atoms with Gasteiger partial charge < -0.3 is 14.8 Å². The Labute approximate surface area is 240 Å². The zero-order valence-corrected chi connectivity index (χ0v) is 23.5. The number of rotatable bonds is 8. The van der Waals surface area contributed by atoms with Crippen LogP contribution in [0, 0.1) is 0 Å². The lowest BCUT2D eigenvalue weighted by atomic mass is 9.86. The first-order chi connectivity index (χ1) is 19.6. The molecule has 41 heavy (non-hydrogen) atoms. The van der Waals surface area contributed by atoms with Gasteiger partial charge in [0.15, 0.2) is 10.8 Å². The number of nitrogens with one attached hydrogen (secondary N) is 1. The molecule has 2 heterocycles. The first-order valence-electron chi connectivity index (χ1n) is 12.9. The zero-order valence-electron chi connectivity index (χ0n) is 22.7. The molecule has 210 valence electrons. The molecule has 0 aliphatic rings. The molecule has 0 spiro atoms. The van der Waals surface area contributed by atoms with Gasteiger partial charge in [-0.25, -0.2) is 9.97 Å². The first kappa shape index (κ1) is 28.2. The van der Waals surface area contributed by atoms with E-state index in [0.717, 1.165) is 22.5 Å². The average Bonchev–Trinajstić information content (AvgIpc) is 3.38. The topological polar surface area (TPSA) is 56.3 Å². The van der Waals surface area contributed by atoms with E-state index in [-0.39, 0.29) is 27.9 Å². The van der Waals surface area contributed by atoms with E-state index in [1.165, 1.54) is 0 Å². The molecule has 0 amide bonds. The largest absolute Gasteiger partial charge is 0.488 e. The number of anilines is 2. The van der Waals surface area contributed by atoms with Gasteiger partial charge in [-0.15, -0.1) is 0 Å². The maximum Gasteiger partial charge on any atom is 0.434 e. The Hall–Kier alpha value is -4.37. The maximum atomic E-state index is 14.2. The van der Waals surface area contributed by atoms with Gasteiger partial charge >= 0.3 is 6.18 Å². The Kier molecular flexibility index (Phi) is 7.99. The van der Waals surface area contributed by atoms with Gasteiger partial charge in [0.05, 0.1) is 4.88 Å². The highest BCUT2D eigenvalue weighted by Crippen LogP contribution is 2.46. The number of halogens is 3. The molecule has 5 nitrogen and oxygen atoms in total. The fourth-order valence-corrected chi connectivity index (χ4v) is 5.25. The van der Waals surface area contributed by atoms with Gasteiger partial charge in [-0.1, -0.05) is 92.8 Å². The predicted molar refractivity (Wildman–Crippen MR) is 156 cm³/mol. The van der Waals surface area contributed by atoms with Crippen molar-refractivity contribution in [1.29, 1.82) is 0 Å². The van der Waals surface area contributed by atoms with Gasteiger partial charge in [-0.05, 0) is 41.3 Å². The van der Waals surface area contributed by atoms with Crippen LogP contribution in [0.3, 0.4) is 0 Å². The minimum absolute atomic E-state index is 0.0481. The number of benzene rings is 3. The molecule has 0 atom stereocenters. The molecular weight excluding hydrogens is 547 g/mol. The summed E-state index contributed by atoms with van der Waals surface area (Å²) in [4.78, 5) is 8.26. The van der Waals surface area contributed by atoms with E-state index >= 15 is 0 Å². The number of para-hydroxylation sites is 2. The zero-order chi connectivity index (χ0) is 29.0. The van der Waals surface area contributed by atoms with Crippen LogP contribution in [0.2, 0.25) is 0 Å². The van der Waals surface area contributed by atoms with Crippen LogP contribution in [0.15, 0.2) is 97.2 Å².